The number of ether oxygens (including phenoxy) is 2. The van der Waals surface area contributed by atoms with Crippen LogP contribution in [0.5, 0.6) is 0 Å². The van der Waals surface area contributed by atoms with Crippen LogP contribution < -0.4 is 0 Å². The molecule has 1 aromatic heterocycles. The second kappa shape index (κ2) is 6.02. The van der Waals surface area contributed by atoms with Gasteiger partial charge in [0.15, 0.2) is 0 Å². The molecule has 4 rings (SSSR count). The predicted octanol–water partition coefficient (Wildman–Crippen LogP) is 3.75. The molecule has 0 unspecified atom stereocenters. The summed E-state index contributed by atoms with van der Waals surface area (Å²) < 4.78 is 11.9. The van der Waals surface area contributed by atoms with Crippen LogP contribution in [0, 0.1) is 6.92 Å². The Balaban J connectivity index is 2.08. The monoisotopic (exact) mass is 349 g/mol. The summed E-state index contributed by atoms with van der Waals surface area (Å²) in [5, 5.41) is 2.25. The quantitative estimate of drug-likeness (QED) is 0.661. The summed E-state index contributed by atoms with van der Waals surface area (Å²) in [6.45, 7) is 2.54. The van der Waals surface area contributed by atoms with Crippen LogP contribution in [-0.4, -0.2) is 30.7 Å². The van der Waals surface area contributed by atoms with E-state index in [9.17, 15) is 9.59 Å². The van der Waals surface area contributed by atoms with Crippen molar-refractivity contribution in [1.29, 1.82) is 0 Å². The summed E-state index contributed by atoms with van der Waals surface area (Å²) in [5.74, 6) is -1.05. The summed E-state index contributed by atoms with van der Waals surface area (Å²) in [4.78, 5) is 24.9. The summed E-state index contributed by atoms with van der Waals surface area (Å²) >= 11 is 0. The number of hydrogen-bond acceptors (Lipinski definition) is 4. The molecule has 0 saturated carbocycles. The van der Waals surface area contributed by atoms with Crippen LogP contribution in [0.1, 0.15) is 32.0 Å². The Morgan fingerprint density at radius 2 is 1.58 bits per heavy atom. The Hall–Kier alpha value is -3.08. The SMILES string of the molecule is COC(=O)c1c(C(=O)OC)c2n(c1C)CCc1cc3ccccc3cc1-2. The normalized spacial score (nSPS) is 12.4. The largest absolute Gasteiger partial charge is 0.465 e. The van der Waals surface area contributed by atoms with E-state index in [0.29, 0.717) is 6.54 Å². The summed E-state index contributed by atoms with van der Waals surface area (Å²) in [7, 11) is 2.65. The Labute approximate surface area is 151 Å². The lowest BCUT2D eigenvalue weighted by atomic mass is 9.92. The number of nitrogens with zero attached hydrogens (tertiary/aromatic N) is 1. The third-order valence-corrected chi connectivity index (χ3v) is 5.13. The molecule has 2 heterocycles. The molecule has 0 spiro atoms. The van der Waals surface area contributed by atoms with Gasteiger partial charge < -0.3 is 14.0 Å². The molecular formula is C21H19NO4. The van der Waals surface area contributed by atoms with Crippen LogP contribution in [0.25, 0.3) is 22.0 Å². The molecule has 0 radical (unpaired) electrons. The second-order valence-electron chi connectivity index (χ2n) is 6.43. The molecule has 0 amide bonds. The number of hydrogen-bond donors (Lipinski definition) is 0. The van der Waals surface area contributed by atoms with Crippen molar-refractivity contribution in [3.8, 4) is 11.3 Å². The van der Waals surface area contributed by atoms with Crippen LogP contribution in [0.2, 0.25) is 0 Å². The highest BCUT2D eigenvalue weighted by Gasteiger charge is 2.33. The van der Waals surface area contributed by atoms with Gasteiger partial charge in [-0.3, -0.25) is 0 Å². The molecule has 0 aliphatic carbocycles. The van der Waals surface area contributed by atoms with Gasteiger partial charge in [0.25, 0.3) is 0 Å². The lowest BCUT2D eigenvalue weighted by molar-refractivity contribution is 0.0556. The minimum absolute atomic E-state index is 0.285. The minimum Gasteiger partial charge on any atom is -0.465 e. The maximum atomic E-state index is 12.6. The van der Waals surface area contributed by atoms with Crippen molar-refractivity contribution in [2.24, 2.45) is 0 Å². The number of esters is 2. The molecule has 1 aliphatic heterocycles. The van der Waals surface area contributed by atoms with E-state index >= 15 is 0 Å². The maximum Gasteiger partial charge on any atom is 0.340 e. The highest BCUT2D eigenvalue weighted by atomic mass is 16.5. The Kier molecular flexibility index (Phi) is 3.80. The van der Waals surface area contributed by atoms with Gasteiger partial charge in [-0.2, -0.15) is 0 Å². The van der Waals surface area contributed by atoms with E-state index < -0.39 is 11.9 Å². The molecule has 0 fully saturated rings. The standard InChI is InChI=1S/C21H19NO4/c1-12-17(20(23)25-2)18(21(24)26-3)19-16-11-14-7-5-4-6-13(14)10-15(16)8-9-22(12)19/h4-7,10-11H,8-9H2,1-3H3. The third kappa shape index (κ3) is 2.24. The highest BCUT2D eigenvalue weighted by molar-refractivity contribution is 6.09. The molecule has 26 heavy (non-hydrogen) atoms. The first-order valence-corrected chi connectivity index (χ1v) is 8.48. The molecule has 0 bridgehead atoms. The Morgan fingerprint density at radius 3 is 2.23 bits per heavy atom. The van der Waals surface area contributed by atoms with Gasteiger partial charge in [0.1, 0.15) is 5.56 Å². The molecule has 0 atom stereocenters. The fraction of sp³-hybridized carbons (Fsp3) is 0.238. The number of aryl methyl sites for hydroxylation is 1. The molecule has 2 aromatic carbocycles. The number of benzene rings is 2. The second-order valence-corrected chi connectivity index (χ2v) is 6.43. The number of carbonyl (C=O) groups is 2. The van der Waals surface area contributed by atoms with Crippen LogP contribution in [-0.2, 0) is 22.4 Å². The fourth-order valence-corrected chi connectivity index (χ4v) is 3.90. The van der Waals surface area contributed by atoms with Gasteiger partial charge in [-0.05, 0) is 35.7 Å². The zero-order valence-corrected chi connectivity index (χ0v) is 15.0. The van der Waals surface area contributed by atoms with Crippen molar-refractivity contribution < 1.29 is 19.1 Å². The minimum atomic E-state index is -0.525. The summed E-state index contributed by atoms with van der Waals surface area (Å²) in [5.41, 5.74) is 4.17. The molecule has 0 saturated heterocycles. The number of fused-ring (bicyclic) bond motifs is 4. The van der Waals surface area contributed by atoms with E-state index in [4.69, 9.17) is 9.47 Å². The van der Waals surface area contributed by atoms with E-state index in [1.807, 2.05) is 29.7 Å². The molecule has 132 valence electrons. The fourth-order valence-electron chi connectivity index (χ4n) is 3.90. The maximum absolute atomic E-state index is 12.6. The van der Waals surface area contributed by atoms with E-state index in [2.05, 4.69) is 18.2 Å². The van der Waals surface area contributed by atoms with Crippen LogP contribution in [0.4, 0.5) is 0 Å². The van der Waals surface area contributed by atoms with Crippen LogP contribution in [0.15, 0.2) is 36.4 Å². The number of carbonyl (C=O) groups excluding carboxylic acids is 2. The lowest BCUT2D eigenvalue weighted by Gasteiger charge is -2.22. The Bertz CT molecular complexity index is 1060. The number of rotatable bonds is 2. The first-order valence-electron chi connectivity index (χ1n) is 8.48. The smallest absolute Gasteiger partial charge is 0.340 e. The predicted molar refractivity (Wildman–Crippen MR) is 98.5 cm³/mol. The van der Waals surface area contributed by atoms with Crippen molar-refractivity contribution in [3.05, 3.63) is 58.8 Å². The molecule has 3 aromatic rings. The molecule has 5 heteroatoms. The average molecular weight is 349 g/mol. The number of methoxy groups -OCH3 is 2. The Morgan fingerprint density at radius 1 is 0.962 bits per heavy atom. The molecular weight excluding hydrogens is 330 g/mol. The van der Waals surface area contributed by atoms with E-state index in [-0.39, 0.29) is 11.1 Å². The summed E-state index contributed by atoms with van der Waals surface area (Å²) in [6.07, 6.45) is 0.837. The van der Waals surface area contributed by atoms with Crippen molar-refractivity contribution >= 4 is 22.7 Å². The lowest BCUT2D eigenvalue weighted by Crippen LogP contribution is -2.14. The molecule has 5 nitrogen and oxygen atoms in total. The van der Waals surface area contributed by atoms with Gasteiger partial charge in [0.2, 0.25) is 0 Å². The first-order chi connectivity index (χ1) is 12.6. The van der Waals surface area contributed by atoms with Gasteiger partial charge >= 0.3 is 11.9 Å². The first kappa shape index (κ1) is 16.4. The number of aromatic nitrogens is 1. The van der Waals surface area contributed by atoms with Gasteiger partial charge in [-0.15, -0.1) is 0 Å². The van der Waals surface area contributed by atoms with Gasteiger partial charge in [0.05, 0.1) is 25.5 Å². The molecule has 0 N–H and O–H groups in total. The van der Waals surface area contributed by atoms with E-state index in [0.717, 1.165) is 39.7 Å². The van der Waals surface area contributed by atoms with E-state index in [1.54, 1.807) is 0 Å². The average Bonchev–Trinajstić information content (AvgIpc) is 2.98. The highest BCUT2D eigenvalue weighted by Crippen LogP contribution is 2.39. The van der Waals surface area contributed by atoms with Crippen molar-refractivity contribution in [2.75, 3.05) is 14.2 Å². The summed E-state index contributed by atoms with van der Waals surface area (Å²) in [6, 6.07) is 12.4. The van der Waals surface area contributed by atoms with E-state index in [1.165, 1.54) is 14.2 Å². The van der Waals surface area contributed by atoms with Crippen molar-refractivity contribution in [3.63, 3.8) is 0 Å². The zero-order valence-electron chi connectivity index (χ0n) is 15.0. The molecule has 1 aliphatic rings. The van der Waals surface area contributed by atoms with Crippen molar-refractivity contribution in [1.82, 2.24) is 4.57 Å². The zero-order chi connectivity index (χ0) is 18.4. The van der Waals surface area contributed by atoms with Crippen molar-refractivity contribution in [2.45, 2.75) is 19.9 Å². The van der Waals surface area contributed by atoms with Crippen LogP contribution >= 0.6 is 0 Å². The topological polar surface area (TPSA) is 57.5 Å². The van der Waals surface area contributed by atoms with Crippen LogP contribution in [0.3, 0.4) is 0 Å². The van der Waals surface area contributed by atoms with Gasteiger partial charge in [-0.1, -0.05) is 30.3 Å². The van der Waals surface area contributed by atoms with Gasteiger partial charge in [0, 0.05) is 17.8 Å². The third-order valence-electron chi connectivity index (χ3n) is 5.13. The van der Waals surface area contributed by atoms with Gasteiger partial charge in [-0.25, -0.2) is 9.59 Å².